The molecule has 2 fully saturated rings. The van der Waals surface area contributed by atoms with E-state index in [1.165, 1.54) is 25.3 Å². The number of halogens is 3. The van der Waals surface area contributed by atoms with Gasteiger partial charge in [-0.2, -0.15) is 0 Å². The number of aromatic carboxylic acids is 1. The number of carboxylic acid groups (broad SMARTS) is 1. The minimum Gasteiger partial charge on any atom is -0.496 e. The highest BCUT2D eigenvalue weighted by atomic mass is 35.5. The van der Waals surface area contributed by atoms with Crippen molar-refractivity contribution in [2.24, 2.45) is 17.3 Å². The molecule has 11 heteroatoms. The first-order valence-electron chi connectivity index (χ1n) is 14.1. The third kappa shape index (κ3) is 4.47. The highest BCUT2D eigenvalue weighted by Crippen LogP contribution is 2.61. The number of allylic oxidation sites excluding steroid dienone is 4. The summed E-state index contributed by atoms with van der Waals surface area (Å²) in [5.41, 5.74) is 0.0997. The monoisotopic (exact) mass is 627 g/mol. The second kappa shape index (κ2) is 10.4. The van der Waals surface area contributed by atoms with Crippen LogP contribution in [0.2, 0.25) is 5.02 Å². The van der Waals surface area contributed by atoms with Crippen LogP contribution >= 0.6 is 23.2 Å². The minimum atomic E-state index is -1.62. The lowest BCUT2D eigenvalue weighted by Gasteiger charge is -2.42. The fraction of sp³-hybridized carbons (Fsp3) is 0.406. The summed E-state index contributed by atoms with van der Waals surface area (Å²) in [5, 5.41) is 13.1. The Balaban J connectivity index is 1.55. The largest absolute Gasteiger partial charge is 0.496 e. The molecule has 3 aliphatic heterocycles. The first-order chi connectivity index (χ1) is 20.3. The Morgan fingerprint density at radius 2 is 1.93 bits per heavy atom. The van der Waals surface area contributed by atoms with E-state index >= 15 is 4.39 Å². The van der Waals surface area contributed by atoms with E-state index in [9.17, 15) is 19.5 Å². The SMILES string of the molecule is COc1cc(N2CN3[C@H](C2=O)[C@@H](C2C=CC=C(Cl)C2F)[C@@]2(C(=O)Nc4cc(Cl)ccc42)[C@H]3CC(C)(C)C)ccc1C(=O)O. The van der Waals surface area contributed by atoms with Crippen LogP contribution in [0.15, 0.2) is 59.7 Å². The van der Waals surface area contributed by atoms with Crippen LogP contribution < -0.4 is 15.0 Å². The van der Waals surface area contributed by atoms with Crippen molar-refractivity contribution in [3.8, 4) is 5.75 Å². The Morgan fingerprint density at radius 1 is 1.19 bits per heavy atom. The molecule has 226 valence electrons. The number of carboxylic acids is 1. The minimum absolute atomic E-state index is 0.0134. The van der Waals surface area contributed by atoms with Crippen molar-refractivity contribution in [3.63, 3.8) is 0 Å². The molecule has 6 rings (SSSR count). The van der Waals surface area contributed by atoms with Crippen LogP contribution in [0.4, 0.5) is 15.8 Å². The molecular weight excluding hydrogens is 596 g/mol. The molecule has 3 heterocycles. The Hall–Kier alpha value is -3.40. The smallest absolute Gasteiger partial charge is 0.339 e. The third-order valence-electron chi connectivity index (χ3n) is 9.16. The van der Waals surface area contributed by atoms with Crippen LogP contribution in [0.3, 0.4) is 0 Å². The first-order valence-corrected chi connectivity index (χ1v) is 14.8. The van der Waals surface area contributed by atoms with Crippen molar-refractivity contribution < 1.29 is 28.6 Å². The number of hydrogen-bond acceptors (Lipinski definition) is 5. The third-order valence-corrected chi connectivity index (χ3v) is 9.73. The zero-order valence-corrected chi connectivity index (χ0v) is 25.6. The number of carbonyl (C=O) groups excluding carboxylic acids is 2. The van der Waals surface area contributed by atoms with Gasteiger partial charge < -0.3 is 15.2 Å². The standard InChI is InChI=1S/C32H32Cl2FN3O5/c1-31(2,3)14-24-32(20-11-8-16(33)12-22(20)36-30(32)42)25(19-6-5-7-21(34)26(19)35)27-28(39)37(15-38(24)27)17-9-10-18(29(40)41)23(13-17)43-4/h5-13,19,24-27H,14-15H2,1-4H3,(H,36,42)(H,40,41)/t19?,24-,25-,26?,27+,32+/m1/s1. The van der Waals surface area contributed by atoms with E-state index in [0.29, 0.717) is 28.4 Å². The Labute approximate surface area is 259 Å². The van der Waals surface area contributed by atoms with Gasteiger partial charge in [0.25, 0.3) is 0 Å². The number of hydrogen-bond donors (Lipinski definition) is 2. The van der Waals surface area contributed by atoms with Gasteiger partial charge in [0.1, 0.15) is 17.5 Å². The summed E-state index contributed by atoms with van der Waals surface area (Å²) in [6.07, 6.45) is 3.79. The van der Waals surface area contributed by atoms with Crippen molar-refractivity contribution in [2.75, 3.05) is 24.0 Å². The molecule has 0 saturated carbocycles. The van der Waals surface area contributed by atoms with Crippen molar-refractivity contribution in [3.05, 3.63) is 75.8 Å². The lowest BCUT2D eigenvalue weighted by atomic mass is 9.59. The second-order valence-corrected chi connectivity index (χ2v) is 13.7. The number of alkyl halides is 1. The fourth-order valence-corrected chi connectivity index (χ4v) is 7.94. The molecule has 2 saturated heterocycles. The molecule has 0 bridgehead atoms. The fourth-order valence-electron chi connectivity index (χ4n) is 7.55. The van der Waals surface area contributed by atoms with Gasteiger partial charge in [-0.15, -0.1) is 0 Å². The summed E-state index contributed by atoms with van der Waals surface area (Å²) in [6.45, 7) is 6.33. The number of carbonyl (C=O) groups is 3. The van der Waals surface area contributed by atoms with Gasteiger partial charge >= 0.3 is 5.97 Å². The van der Waals surface area contributed by atoms with E-state index in [-0.39, 0.29) is 40.2 Å². The Bertz CT molecular complexity index is 1600. The second-order valence-electron chi connectivity index (χ2n) is 12.8. The molecule has 43 heavy (non-hydrogen) atoms. The maximum atomic E-state index is 16.2. The molecule has 0 radical (unpaired) electrons. The zero-order valence-electron chi connectivity index (χ0n) is 24.1. The Kier molecular flexibility index (Phi) is 7.14. The number of ether oxygens (including phenoxy) is 1. The molecule has 2 aromatic carbocycles. The van der Waals surface area contributed by atoms with E-state index in [1.54, 1.807) is 35.3 Å². The van der Waals surface area contributed by atoms with Crippen molar-refractivity contribution >= 4 is 52.4 Å². The van der Waals surface area contributed by atoms with Crippen LogP contribution in [0.1, 0.15) is 43.1 Å². The number of fused-ring (bicyclic) bond motifs is 3. The number of rotatable bonds is 5. The number of methoxy groups -OCH3 is 1. The van der Waals surface area contributed by atoms with Gasteiger partial charge in [-0.1, -0.05) is 62.2 Å². The van der Waals surface area contributed by atoms with Gasteiger partial charge in [-0.3, -0.25) is 19.4 Å². The molecule has 2 amide bonds. The Morgan fingerprint density at radius 3 is 2.60 bits per heavy atom. The van der Waals surface area contributed by atoms with Crippen molar-refractivity contribution in [2.45, 2.75) is 50.9 Å². The average molecular weight is 629 g/mol. The van der Waals surface area contributed by atoms with E-state index in [4.69, 9.17) is 27.9 Å². The van der Waals surface area contributed by atoms with Crippen LogP contribution in [0, 0.1) is 17.3 Å². The highest BCUT2D eigenvalue weighted by molar-refractivity contribution is 6.31. The number of anilines is 2. The summed E-state index contributed by atoms with van der Waals surface area (Å²) in [5.74, 6) is -3.35. The summed E-state index contributed by atoms with van der Waals surface area (Å²) in [6, 6.07) is 8.34. The van der Waals surface area contributed by atoms with E-state index in [1.807, 2.05) is 11.0 Å². The maximum Gasteiger partial charge on any atom is 0.339 e. The molecular formula is C32H32Cl2FN3O5. The van der Waals surface area contributed by atoms with Gasteiger partial charge in [-0.05, 0) is 47.7 Å². The van der Waals surface area contributed by atoms with E-state index < -0.39 is 41.5 Å². The van der Waals surface area contributed by atoms with Gasteiger partial charge in [0.05, 0.1) is 30.3 Å². The van der Waals surface area contributed by atoms with Gasteiger partial charge in [-0.25, -0.2) is 9.18 Å². The maximum absolute atomic E-state index is 16.2. The molecule has 1 aliphatic carbocycles. The van der Waals surface area contributed by atoms with Crippen LogP contribution in [0.5, 0.6) is 5.75 Å². The number of nitrogens with one attached hydrogen (secondary N) is 1. The van der Waals surface area contributed by atoms with Crippen molar-refractivity contribution in [1.82, 2.24) is 4.90 Å². The molecule has 6 atom stereocenters. The molecule has 2 aromatic rings. The summed E-state index contributed by atoms with van der Waals surface area (Å²) in [7, 11) is 1.37. The van der Waals surface area contributed by atoms with Gasteiger partial charge in [0, 0.05) is 40.3 Å². The van der Waals surface area contributed by atoms with Crippen LogP contribution in [-0.4, -0.2) is 59.8 Å². The highest BCUT2D eigenvalue weighted by Gasteiger charge is 2.72. The topological polar surface area (TPSA) is 99.2 Å². The first kappa shape index (κ1) is 29.7. The lowest BCUT2D eigenvalue weighted by Crippen LogP contribution is -2.55. The van der Waals surface area contributed by atoms with Gasteiger partial charge in [0.2, 0.25) is 11.8 Å². The molecule has 1 spiro atoms. The summed E-state index contributed by atoms with van der Waals surface area (Å²) in [4.78, 5) is 44.2. The van der Waals surface area contributed by atoms with Crippen LogP contribution in [0.25, 0.3) is 0 Å². The molecule has 2 unspecified atom stereocenters. The number of benzene rings is 2. The molecule has 0 aromatic heterocycles. The van der Waals surface area contributed by atoms with E-state index in [2.05, 4.69) is 26.1 Å². The zero-order chi connectivity index (χ0) is 31.0. The molecule has 4 aliphatic rings. The van der Waals surface area contributed by atoms with Crippen LogP contribution in [-0.2, 0) is 15.0 Å². The van der Waals surface area contributed by atoms with Crippen molar-refractivity contribution in [1.29, 1.82) is 0 Å². The normalized spacial score (nSPS) is 30.0. The quantitative estimate of drug-likeness (QED) is 0.422. The predicted octanol–water partition coefficient (Wildman–Crippen LogP) is 5.99. The summed E-state index contributed by atoms with van der Waals surface area (Å²) >= 11 is 12.7. The lowest BCUT2D eigenvalue weighted by molar-refractivity contribution is -0.125. The molecule has 2 N–H and O–H groups in total. The average Bonchev–Trinajstić information content (AvgIpc) is 3.52. The number of nitrogens with zero attached hydrogens (tertiary/aromatic N) is 2. The molecule has 8 nitrogen and oxygen atoms in total. The number of amides is 2. The van der Waals surface area contributed by atoms with Gasteiger partial charge in [0.15, 0.2) is 0 Å². The van der Waals surface area contributed by atoms with E-state index in [0.717, 1.165) is 0 Å². The summed E-state index contributed by atoms with van der Waals surface area (Å²) < 4.78 is 21.5. The predicted molar refractivity (Wildman–Crippen MR) is 163 cm³/mol.